The summed E-state index contributed by atoms with van der Waals surface area (Å²) >= 11 is 0. The molecule has 1 aliphatic carbocycles. The number of aromatic nitrogens is 1. The summed E-state index contributed by atoms with van der Waals surface area (Å²) in [6.07, 6.45) is 20.2. The SMILES string of the molecule is C[C@H](C(=O)OC1CCCC/C=C\C=C/CCCCC1)N(C)C(=O)CCSSc1ccccn1. The van der Waals surface area contributed by atoms with Crippen molar-refractivity contribution in [3.05, 3.63) is 48.7 Å². The largest absolute Gasteiger partial charge is 0.461 e. The molecule has 0 N–H and O–H groups in total. The zero-order chi connectivity index (χ0) is 23.7. The summed E-state index contributed by atoms with van der Waals surface area (Å²) in [5.41, 5.74) is 0. The molecule has 1 amide bonds. The van der Waals surface area contributed by atoms with Crippen molar-refractivity contribution in [3.63, 3.8) is 0 Å². The molecule has 0 bridgehead atoms. The highest BCUT2D eigenvalue weighted by Crippen LogP contribution is 2.29. The van der Waals surface area contributed by atoms with E-state index in [0.717, 1.165) is 62.8 Å². The fourth-order valence-corrected chi connectivity index (χ4v) is 5.36. The standard InChI is InChI=1S/C26H38N2O3S2/c1-22(28(2)25(29)19-21-32-33-24-18-14-15-20-27-24)26(30)31-23-16-12-10-8-6-4-3-5-7-9-11-13-17-23/h3-6,14-15,18,20,22-23H,7-13,16-17,19,21H2,1-2H3/b5-3-,6-4-/t22-,23?/m1/s1. The molecule has 182 valence electrons. The molecule has 0 aromatic carbocycles. The number of hydrogen-bond acceptors (Lipinski definition) is 6. The minimum absolute atomic E-state index is 0.0422. The van der Waals surface area contributed by atoms with Crippen molar-refractivity contribution in [1.82, 2.24) is 9.88 Å². The molecular formula is C26H38N2O3S2. The number of esters is 1. The first-order valence-corrected chi connectivity index (χ1v) is 14.4. The second kappa shape index (κ2) is 16.8. The van der Waals surface area contributed by atoms with E-state index in [-0.39, 0.29) is 18.0 Å². The molecule has 5 nitrogen and oxygen atoms in total. The number of nitrogens with zero attached hydrogens (tertiary/aromatic N) is 2. The number of ether oxygens (including phenoxy) is 1. The van der Waals surface area contributed by atoms with Crippen LogP contribution in [-0.4, -0.2) is 46.7 Å². The highest BCUT2D eigenvalue weighted by Gasteiger charge is 2.26. The van der Waals surface area contributed by atoms with Crippen molar-refractivity contribution in [2.24, 2.45) is 0 Å². The Labute approximate surface area is 207 Å². The monoisotopic (exact) mass is 490 g/mol. The third kappa shape index (κ3) is 11.8. The van der Waals surface area contributed by atoms with E-state index in [0.29, 0.717) is 12.2 Å². The number of hydrogen-bond donors (Lipinski definition) is 0. The van der Waals surface area contributed by atoms with E-state index in [1.165, 1.54) is 4.90 Å². The second-order valence-electron chi connectivity index (χ2n) is 8.34. The van der Waals surface area contributed by atoms with E-state index in [9.17, 15) is 9.59 Å². The Kier molecular flexibility index (Phi) is 14.0. The molecule has 2 atom stereocenters. The first-order chi connectivity index (χ1) is 16.1. The summed E-state index contributed by atoms with van der Waals surface area (Å²) in [5.74, 6) is 0.327. The van der Waals surface area contributed by atoms with Crippen LogP contribution in [0.2, 0.25) is 0 Å². The maximum absolute atomic E-state index is 12.8. The average molecular weight is 491 g/mol. The first kappa shape index (κ1) is 27.5. The van der Waals surface area contributed by atoms with E-state index in [2.05, 4.69) is 29.3 Å². The molecule has 1 unspecified atom stereocenters. The van der Waals surface area contributed by atoms with Crippen molar-refractivity contribution in [3.8, 4) is 0 Å². The van der Waals surface area contributed by atoms with Crippen LogP contribution in [0.3, 0.4) is 0 Å². The molecule has 1 aromatic rings. The molecule has 0 saturated heterocycles. The van der Waals surface area contributed by atoms with Crippen molar-refractivity contribution in [2.75, 3.05) is 12.8 Å². The Morgan fingerprint density at radius 2 is 1.79 bits per heavy atom. The quantitative estimate of drug-likeness (QED) is 0.232. The number of pyridine rings is 1. The molecule has 0 radical (unpaired) electrons. The van der Waals surface area contributed by atoms with Gasteiger partial charge < -0.3 is 9.64 Å². The number of carbonyl (C=O) groups excluding carboxylic acids is 2. The van der Waals surface area contributed by atoms with Crippen molar-refractivity contribution >= 4 is 33.5 Å². The van der Waals surface area contributed by atoms with Crippen LogP contribution in [0.15, 0.2) is 53.7 Å². The van der Waals surface area contributed by atoms with Gasteiger partial charge in [0.25, 0.3) is 0 Å². The number of allylic oxidation sites excluding steroid dienone is 4. The molecule has 1 aliphatic rings. The van der Waals surface area contributed by atoms with Crippen molar-refractivity contribution < 1.29 is 14.3 Å². The van der Waals surface area contributed by atoms with Gasteiger partial charge in [0.05, 0.1) is 0 Å². The third-order valence-electron chi connectivity index (χ3n) is 5.71. The molecule has 33 heavy (non-hydrogen) atoms. The van der Waals surface area contributed by atoms with Gasteiger partial charge >= 0.3 is 5.97 Å². The van der Waals surface area contributed by atoms with Gasteiger partial charge in [0.15, 0.2) is 0 Å². The fraction of sp³-hybridized carbons (Fsp3) is 0.577. The smallest absolute Gasteiger partial charge is 0.328 e. The summed E-state index contributed by atoms with van der Waals surface area (Å²) in [6, 6.07) is 5.20. The number of carbonyl (C=O) groups is 2. The van der Waals surface area contributed by atoms with Crippen LogP contribution in [0.25, 0.3) is 0 Å². The summed E-state index contributed by atoms with van der Waals surface area (Å²) < 4.78 is 5.89. The van der Waals surface area contributed by atoms with Gasteiger partial charge in [-0.2, -0.15) is 0 Å². The van der Waals surface area contributed by atoms with Gasteiger partial charge in [0, 0.05) is 25.4 Å². The van der Waals surface area contributed by atoms with E-state index in [4.69, 9.17) is 4.74 Å². The van der Waals surface area contributed by atoms with Gasteiger partial charge in [-0.3, -0.25) is 4.79 Å². The molecule has 2 rings (SSSR count). The van der Waals surface area contributed by atoms with Gasteiger partial charge in [-0.05, 0) is 81.2 Å². The molecular weight excluding hydrogens is 452 g/mol. The van der Waals surface area contributed by atoms with Gasteiger partial charge in [-0.1, -0.05) is 47.6 Å². The van der Waals surface area contributed by atoms with Gasteiger partial charge in [-0.15, -0.1) is 0 Å². The Bertz CT molecular complexity index is 755. The van der Waals surface area contributed by atoms with Crippen molar-refractivity contribution in [1.29, 1.82) is 0 Å². The van der Waals surface area contributed by atoms with Crippen LogP contribution >= 0.6 is 21.6 Å². The van der Waals surface area contributed by atoms with Crippen LogP contribution in [-0.2, 0) is 14.3 Å². The van der Waals surface area contributed by atoms with E-state index in [1.54, 1.807) is 41.8 Å². The van der Waals surface area contributed by atoms with Crippen LogP contribution < -0.4 is 0 Å². The number of rotatable bonds is 8. The Hall–Kier alpha value is -1.73. The topological polar surface area (TPSA) is 59.5 Å². The number of likely N-dealkylation sites (N-methyl/N-ethyl adjacent to an activating group) is 1. The summed E-state index contributed by atoms with van der Waals surface area (Å²) in [7, 11) is 4.85. The molecule has 0 aliphatic heterocycles. The molecule has 0 fully saturated rings. The lowest BCUT2D eigenvalue weighted by Crippen LogP contribution is -2.42. The summed E-state index contributed by atoms with van der Waals surface area (Å²) in [6.45, 7) is 1.76. The van der Waals surface area contributed by atoms with Gasteiger partial charge in [0.2, 0.25) is 5.91 Å². The highest BCUT2D eigenvalue weighted by molar-refractivity contribution is 8.76. The fourth-order valence-electron chi connectivity index (χ4n) is 3.50. The van der Waals surface area contributed by atoms with E-state index >= 15 is 0 Å². The van der Waals surface area contributed by atoms with Crippen molar-refractivity contribution in [2.45, 2.75) is 88.3 Å². The molecule has 0 spiro atoms. The maximum Gasteiger partial charge on any atom is 0.328 e. The first-order valence-electron chi connectivity index (χ1n) is 12.1. The predicted octanol–water partition coefficient (Wildman–Crippen LogP) is 6.61. The molecule has 1 heterocycles. The second-order valence-corrected chi connectivity index (χ2v) is 10.8. The maximum atomic E-state index is 12.8. The minimum Gasteiger partial charge on any atom is -0.461 e. The van der Waals surface area contributed by atoms with Crippen LogP contribution in [0.1, 0.15) is 71.1 Å². The average Bonchev–Trinajstić information content (AvgIpc) is 2.83. The zero-order valence-electron chi connectivity index (χ0n) is 20.0. The van der Waals surface area contributed by atoms with E-state index < -0.39 is 6.04 Å². The summed E-state index contributed by atoms with van der Waals surface area (Å²) in [4.78, 5) is 31.2. The normalized spacial score (nSPS) is 20.7. The molecule has 1 aromatic heterocycles. The molecule has 0 saturated carbocycles. The predicted molar refractivity (Wildman–Crippen MR) is 139 cm³/mol. The zero-order valence-corrected chi connectivity index (χ0v) is 21.6. The Balaban J connectivity index is 1.75. The highest BCUT2D eigenvalue weighted by atomic mass is 33.1. The number of amides is 1. The third-order valence-corrected chi connectivity index (χ3v) is 7.97. The van der Waals surface area contributed by atoms with Crippen LogP contribution in [0.5, 0.6) is 0 Å². The lowest BCUT2D eigenvalue weighted by molar-refractivity contribution is -0.158. The van der Waals surface area contributed by atoms with Crippen LogP contribution in [0.4, 0.5) is 0 Å². The Morgan fingerprint density at radius 3 is 2.48 bits per heavy atom. The Morgan fingerprint density at radius 1 is 1.09 bits per heavy atom. The molecule has 7 heteroatoms. The minimum atomic E-state index is -0.577. The van der Waals surface area contributed by atoms with Gasteiger partial charge in [0.1, 0.15) is 17.2 Å². The van der Waals surface area contributed by atoms with Crippen LogP contribution in [0, 0.1) is 0 Å². The summed E-state index contributed by atoms with van der Waals surface area (Å²) in [5, 5.41) is 0.927. The lowest BCUT2D eigenvalue weighted by atomic mass is 10.0. The lowest BCUT2D eigenvalue weighted by Gasteiger charge is -2.26. The van der Waals surface area contributed by atoms with Gasteiger partial charge in [-0.25, -0.2) is 9.78 Å². The van der Waals surface area contributed by atoms with E-state index in [1.807, 2.05) is 18.2 Å².